The second kappa shape index (κ2) is 9.00. The molecule has 25 heavy (non-hydrogen) atoms. The number of sulfonamides is 1. The first-order valence-corrected chi connectivity index (χ1v) is 9.05. The predicted octanol–water partition coefficient (Wildman–Crippen LogP) is 2.49. The number of halogens is 1. The van der Waals surface area contributed by atoms with Crippen LogP contribution in [0.2, 0.25) is 0 Å². The van der Waals surface area contributed by atoms with E-state index in [2.05, 4.69) is 10.0 Å². The van der Waals surface area contributed by atoms with Crippen LogP contribution in [0, 0.1) is 0 Å². The van der Waals surface area contributed by atoms with Gasteiger partial charge in [-0.2, -0.15) is 0 Å². The predicted molar refractivity (Wildman–Crippen MR) is 98.3 cm³/mol. The smallest absolute Gasteiger partial charge is 0.258 e. The topological polar surface area (TPSA) is 114 Å². The van der Waals surface area contributed by atoms with E-state index in [1.165, 1.54) is 18.4 Å². The number of nitrogens with two attached hydrogens (primary N) is 1. The van der Waals surface area contributed by atoms with Crippen LogP contribution in [0.25, 0.3) is 0 Å². The Kier molecular flexibility index (Phi) is 7.62. The molecule has 0 radical (unpaired) electrons. The van der Waals surface area contributed by atoms with Crippen LogP contribution >= 0.6 is 12.4 Å². The Morgan fingerprint density at radius 1 is 1.32 bits per heavy atom. The average molecular weight is 388 g/mol. The fourth-order valence-corrected chi connectivity index (χ4v) is 3.34. The molecule has 0 aliphatic heterocycles. The van der Waals surface area contributed by atoms with E-state index in [1.54, 1.807) is 25.1 Å². The quantitative estimate of drug-likeness (QED) is 0.675. The second-order valence-corrected chi connectivity index (χ2v) is 7.13. The summed E-state index contributed by atoms with van der Waals surface area (Å²) in [6.45, 7) is 3.88. The van der Waals surface area contributed by atoms with Gasteiger partial charge in [0.2, 0.25) is 10.0 Å². The molecular formula is C16H22ClN3O4S. The van der Waals surface area contributed by atoms with E-state index in [0.717, 1.165) is 0 Å². The van der Waals surface area contributed by atoms with Gasteiger partial charge in [0.05, 0.1) is 17.0 Å². The minimum atomic E-state index is -3.63. The lowest BCUT2D eigenvalue weighted by Gasteiger charge is -2.13. The molecule has 0 saturated carbocycles. The largest absolute Gasteiger partial charge is 0.467 e. The van der Waals surface area contributed by atoms with Crippen molar-refractivity contribution >= 4 is 34.0 Å². The van der Waals surface area contributed by atoms with Crippen LogP contribution in [0.5, 0.6) is 0 Å². The van der Waals surface area contributed by atoms with E-state index < -0.39 is 15.9 Å². The van der Waals surface area contributed by atoms with Crippen LogP contribution in [0.15, 0.2) is 45.9 Å². The van der Waals surface area contributed by atoms with Crippen LogP contribution in [-0.2, 0) is 16.6 Å². The van der Waals surface area contributed by atoms with E-state index in [-0.39, 0.29) is 29.9 Å². The van der Waals surface area contributed by atoms with Gasteiger partial charge in [0.25, 0.3) is 5.91 Å². The summed E-state index contributed by atoms with van der Waals surface area (Å²) in [5.41, 5.74) is 6.13. The summed E-state index contributed by atoms with van der Waals surface area (Å²) in [5, 5.41) is 2.64. The molecule has 9 heteroatoms. The molecular weight excluding hydrogens is 366 g/mol. The number of carbonyl (C=O) groups excluding carboxylic acids is 1. The Morgan fingerprint density at radius 3 is 2.64 bits per heavy atom. The zero-order valence-electron chi connectivity index (χ0n) is 14.0. The summed E-state index contributed by atoms with van der Waals surface area (Å²) in [6, 6.07) is 7.44. The van der Waals surface area contributed by atoms with Crippen LogP contribution in [0.3, 0.4) is 0 Å². The first-order chi connectivity index (χ1) is 11.4. The molecule has 1 amide bonds. The van der Waals surface area contributed by atoms with E-state index in [1.807, 2.05) is 6.92 Å². The highest BCUT2D eigenvalue weighted by atomic mass is 35.5. The summed E-state index contributed by atoms with van der Waals surface area (Å²) in [4.78, 5) is 12.2. The number of hydrogen-bond donors (Lipinski definition) is 3. The van der Waals surface area contributed by atoms with Gasteiger partial charge in [-0.1, -0.05) is 13.0 Å². The molecule has 1 atom stereocenters. The maximum atomic E-state index is 12.3. The number of hydrogen-bond acceptors (Lipinski definition) is 5. The number of nitrogens with one attached hydrogen (secondary N) is 2. The normalized spacial score (nSPS) is 12.3. The lowest BCUT2D eigenvalue weighted by molar-refractivity contribution is 0.102. The SMILES string of the molecule is CCC(C)NS(=O)(=O)c1cccc(NC(=O)c2coc(CN)c2)c1.Cl. The van der Waals surface area contributed by atoms with Crippen LogP contribution in [0.4, 0.5) is 5.69 Å². The Hall–Kier alpha value is -1.87. The first kappa shape index (κ1) is 21.2. The molecule has 0 saturated heterocycles. The summed E-state index contributed by atoms with van der Waals surface area (Å²) in [7, 11) is -3.63. The third-order valence-electron chi connectivity index (χ3n) is 3.49. The van der Waals surface area contributed by atoms with Crippen molar-refractivity contribution in [3.63, 3.8) is 0 Å². The lowest BCUT2D eigenvalue weighted by atomic mass is 10.2. The lowest BCUT2D eigenvalue weighted by Crippen LogP contribution is -2.32. The minimum Gasteiger partial charge on any atom is -0.467 e. The number of furan rings is 1. The van der Waals surface area contributed by atoms with Crippen molar-refractivity contribution in [2.24, 2.45) is 5.73 Å². The van der Waals surface area contributed by atoms with Crippen molar-refractivity contribution in [1.82, 2.24) is 4.72 Å². The van der Waals surface area contributed by atoms with Crippen LogP contribution in [-0.4, -0.2) is 20.4 Å². The van der Waals surface area contributed by atoms with Gasteiger partial charge in [0.15, 0.2) is 0 Å². The van der Waals surface area contributed by atoms with Crippen LogP contribution < -0.4 is 15.8 Å². The second-order valence-electron chi connectivity index (χ2n) is 5.42. The van der Waals surface area contributed by atoms with Crippen LogP contribution in [0.1, 0.15) is 36.4 Å². The third kappa shape index (κ3) is 5.57. The van der Waals surface area contributed by atoms with Gasteiger partial charge in [-0.05, 0) is 37.6 Å². The highest BCUT2D eigenvalue weighted by Gasteiger charge is 2.17. The van der Waals surface area contributed by atoms with Gasteiger partial charge in [-0.15, -0.1) is 12.4 Å². The van der Waals surface area contributed by atoms with E-state index in [0.29, 0.717) is 23.4 Å². The molecule has 0 fully saturated rings. The molecule has 0 aliphatic carbocycles. The Labute approximate surface area is 153 Å². The summed E-state index contributed by atoms with van der Waals surface area (Å²) in [6.07, 6.45) is 1.99. The standard InChI is InChI=1S/C16H21N3O4S.ClH/c1-3-11(2)19-24(21,22)15-6-4-5-13(8-15)18-16(20)12-7-14(9-17)23-10-12;/h4-8,10-11,19H,3,9,17H2,1-2H3,(H,18,20);1H. The molecule has 0 spiro atoms. The molecule has 1 heterocycles. The Balaban J connectivity index is 0.00000312. The molecule has 7 nitrogen and oxygen atoms in total. The molecule has 1 unspecified atom stereocenters. The Morgan fingerprint density at radius 2 is 2.04 bits per heavy atom. The molecule has 1 aromatic carbocycles. The number of benzene rings is 1. The van der Waals surface area contributed by atoms with Gasteiger partial charge >= 0.3 is 0 Å². The van der Waals surface area contributed by atoms with Gasteiger partial charge in [-0.25, -0.2) is 13.1 Å². The highest BCUT2D eigenvalue weighted by Crippen LogP contribution is 2.17. The third-order valence-corrected chi connectivity index (χ3v) is 5.08. The van der Waals surface area contributed by atoms with Gasteiger partial charge in [0, 0.05) is 11.7 Å². The summed E-state index contributed by atoms with van der Waals surface area (Å²) >= 11 is 0. The van der Waals surface area contributed by atoms with Crippen molar-refractivity contribution in [2.75, 3.05) is 5.32 Å². The monoisotopic (exact) mass is 387 g/mol. The van der Waals surface area contributed by atoms with Crippen molar-refractivity contribution in [1.29, 1.82) is 0 Å². The number of amides is 1. The maximum absolute atomic E-state index is 12.3. The maximum Gasteiger partial charge on any atom is 0.258 e. The molecule has 4 N–H and O–H groups in total. The van der Waals surface area contributed by atoms with Crippen molar-refractivity contribution < 1.29 is 17.6 Å². The zero-order chi connectivity index (χ0) is 17.7. The summed E-state index contributed by atoms with van der Waals surface area (Å²) in [5.74, 6) is 0.0946. The van der Waals surface area contributed by atoms with Gasteiger partial charge in [0.1, 0.15) is 12.0 Å². The number of rotatable bonds is 7. The Bertz CT molecular complexity index is 820. The molecule has 0 aliphatic rings. The molecule has 2 rings (SSSR count). The number of anilines is 1. The van der Waals surface area contributed by atoms with Gasteiger partial charge in [-0.3, -0.25) is 4.79 Å². The fourth-order valence-electron chi connectivity index (χ4n) is 1.97. The fraction of sp³-hybridized carbons (Fsp3) is 0.312. The van der Waals surface area contributed by atoms with Crippen molar-refractivity contribution in [3.8, 4) is 0 Å². The molecule has 0 bridgehead atoms. The van der Waals surface area contributed by atoms with Gasteiger partial charge < -0.3 is 15.5 Å². The van der Waals surface area contributed by atoms with Crippen molar-refractivity contribution in [3.05, 3.63) is 47.9 Å². The highest BCUT2D eigenvalue weighted by molar-refractivity contribution is 7.89. The van der Waals surface area contributed by atoms with E-state index in [9.17, 15) is 13.2 Å². The van der Waals surface area contributed by atoms with Crippen molar-refractivity contribution in [2.45, 2.75) is 37.8 Å². The first-order valence-electron chi connectivity index (χ1n) is 7.57. The molecule has 1 aromatic heterocycles. The molecule has 138 valence electrons. The molecule has 2 aromatic rings. The summed E-state index contributed by atoms with van der Waals surface area (Å²) < 4.78 is 32.3. The zero-order valence-corrected chi connectivity index (χ0v) is 15.6. The number of carbonyl (C=O) groups is 1. The average Bonchev–Trinajstić information content (AvgIpc) is 3.04. The van der Waals surface area contributed by atoms with E-state index in [4.69, 9.17) is 10.2 Å². The minimum absolute atomic E-state index is 0. The van der Waals surface area contributed by atoms with E-state index >= 15 is 0 Å².